The van der Waals surface area contributed by atoms with Crippen LogP contribution in [0.4, 0.5) is 0 Å². The van der Waals surface area contributed by atoms with Gasteiger partial charge in [-0.3, -0.25) is 0 Å². The molecule has 0 saturated carbocycles. The fraction of sp³-hybridized carbons (Fsp3) is 0.250. The maximum atomic E-state index is 5.93. The van der Waals surface area contributed by atoms with Crippen molar-refractivity contribution < 1.29 is 9.47 Å². The zero-order valence-corrected chi connectivity index (χ0v) is 10.4. The van der Waals surface area contributed by atoms with Crippen LogP contribution in [0, 0.1) is 0 Å². The molecule has 0 spiro atoms. The van der Waals surface area contributed by atoms with Crippen molar-refractivity contribution in [1.82, 2.24) is 0 Å². The van der Waals surface area contributed by atoms with E-state index in [-0.39, 0.29) is 6.10 Å². The van der Waals surface area contributed by atoms with Gasteiger partial charge in [-0.25, -0.2) is 0 Å². The number of rotatable bonds is 2. The third-order valence-corrected chi connectivity index (χ3v) is 3.43. The van der Waals surface area contributed by atoms with Crippen molar-refractivity contribution in [1.29, 1.82) is 0 Å². The summed E-state index contributed by atoms with van der Waals surface area (Å²) in [5.74, 6) is 0.884. The average Bonchev–Trinajstić information content (AvgIpc) is 2.47. The monoisotopic (exact) mass is 240 g/mol. The molecule has 1 unspecified atom stereocenters. The van der Waals surface area contributed by atoms with Crippen molar-refractivity contribution in [3.63, 3.8) is 0 Å². The second-order valence-corrected chi connectivity index (χ2v) is 4.55. The van der Waals surface area contributed by atoms with Crippen molar-refractivity contribution in [2.75, 3.05) is 7.11 Å². The summed E-state index contributed by atoms with van der Waals surface area (Å²) in [6, 6.07) is 16.6. The summed E-state index contributed by atoms with van der Waals surface area (Å²) in [7, 11) is 1.69. The molecule has 0 aliphatic carbocycles. The molecule has 92 valence electrons. The van der Waals surface area contributed by atoms with Crippen molar-refractivity contribution in [3.05, 3.63) is 65.2 Å². The molecule has 2 heteroatoms. The smallest absolute Gasteiger partial charge is 0.119 e. The van der Waals surface area contributed by atoms with Crippen LogP contribution in [-0.2, 0) is 17.8 Å². The molecular formula is C16H16O2. The van der Waals surface area contributed by atoms with Crippen LogP contribution in [-0.4, -0.2) is 7.11 Å². The first-order valence-corrected chi connectivity index (χ1v) is 6.19. The second-order valence-electron chi connectivity index (χ2n) is 4.55. The van der Waals surface area contributed by atoms with E-state index in [0.29, 0.717) is 6.61 Å². The molecule has 1 aliphatic heterocycles. The lowest BCUT2D eigenvalue weighted by atomic mass is 9.95. The molecule has 2 aromatic rings. The quantitative estimate of drug-likeness (QED) is 0.799. The number of hydrogen-bond donors (Lipinski definition) is 0. The van der Waals surface area contributed by atoms with Crippen molar-refractivity contribution in [3.8, 4) is 5.75 Å². The van der Waals surface area contributed by atoms with Crippen LogP contribution < -0.4 is 4.74 Å². The molecule has 3 rings (SSSR count). The summed E-state index contributed by atoms with van der Waals surface area (Å²) in [6.45, 7) is 0.693. The third kappa shape index (κ3) is 2.12. The molecule has 0 aromatic heterocycles. The summed E-state index contributed by atoms with van der Waals surface area (Å²) in [5, 5.41) is 0. The van der Waals surface area contributed by atoms with E-state index in [9.17, 15) is 0 Å². The number of methoxy groups -OCH3 is 1. The minimum absolute atomic E-state index is 0.134. The van der Waals surface area contributed by atoms with Gasteiger partial charge in [-0.1, -0.05) is 36.4 Å². The molecular weight excluding hydrogens is 224 g/mol. The van der Waals surface area contributed by atoms with Crippen LogP contribution in [0.1, 0.15) is 22.8 Å². The van der Waals surface area contributed by atoms with Crippen LogP contribution in [0.15, 0.2) is 48.5 Å². The zero-order valence-electron chi connectivity index (χ0n) is 10.4. The standard InChI is InChI=1S/C16H16O2/c1-17-15-8-4-7-13(9-15)16-10-12-5-2-3-6-14(12)11-18-16/h2-9,16H,10-11H2,1H3. The van der Waals surface area contributed by atoms with E-state index in [1.54, 1.807) is 7.11 Å². The van der Waals surface area contributed by atoms with E-state index in [1.165, 1.54) is 16.7 Å². The molecule has 1 heterocycles. The Bertz CT molecular complexity index is 548. The molecule has 0 bridgehead atoms. The third-order valence-electron chi connectivity index (χ3n) is 3.43. The Morgan fingerprint density at radius 1 is 1.06 bits per heavy atom. The molecule has 0 radical (unpaired) electrons. The Balaban J connectivity index is 1.87. The van der Waals surface area contributed by atoms with Crippen molar-refractivity contribution >= 4 is 0 Å². The Kier molecular flexibility index (Phi) is 3.03. The van der Waals surface area contributed by atoms with Gasteiger partial charge in [0.2, 0.25) is 0 Å². The first-order valence-electron chi connectivity index (χ1n) is 6.19. The number of benzene rings is 2. The van der Waals surface area contributed by atoms with E-state index in [0.717, 1.165) is 12.2 Å². The predicted octanol–water partition coefficient (Wildman–Crippen LogP) is 3.51. The van der Waals surface area contributed by atoms with Crippen LogP contribution in [0.25, 0.3) is 0 Å². The van der Waals surface area contributed by atoms with Crippen molar-refractivity contribution in [2.45, 2.75) is 19.1 Å². The fourth-order valence-electron chi connectivity index (χ4n) is 2.40. The first-order chi connectivity index (χ1) is 8.86. The largest absolute Gasteiger partial charge is 0.497 e. The predicted molar refractivity (Wildman–Crippen MR) is 70.7 cm³/mol. The average molecular weight is 240 g/mol. The highest BCUT2D eigenvalue weighted by Gasteiger charge is 2.20. The lowest BCUT2D eigenvalue weighted by Gasteiger charge is -2.25. The number of ether oxygens (including phenoxy) is 2. The summed E-state index contributed by atoms with van der Waals surface area (Å²) in [5.41, 5.74) is 3.87. The molecule has 2 aromatic carbocycles. The Labute approximate surface area is 107 Å². The summed E-state index contributed by atoms with van der Waals surface area (Å²) >= 11 is 0. The Hall–Kier alpha value is -1.80. The van der Waals surface area contributed by atoms with Crippen LogP contribution >= 0.6 is 0 Å². The van der Waals surface area contributed by atoms with Crippen LogP contribution in [0.2, 0.25) is 0 Å². The van der Waals surface area contributed by atoms with E-state index in [4.69, 9.17) is 9.47 Å². The molecule has 0 amide bonds. The highest BCUT2D eigenvalue weighted by molar-refractivity contribution is 5.34. The second kappa shape index (κ2) is 4.83. The van der Waals surface area contributed by atoms with Gasteiger partial charge in [-0.2, -0.15) is 0 Å². The molecule has 0 saturated heterocycles. The molecule has 2 nitrogen and oxygen atoms in total. The van der Waals surface area contributed by atoms with E-state index in [1.807, 2.05) is 12.1 Å². The molecule has 18 heavy (non-hydrogen) atoms. The normalized spacial score (nSPS) is 18.2. The lowest BCUT2D eigenvalue weighted by molar-refractivity contribution is 0.0273. The molecule has 0 fully saturated rings. The molecule has 1 aliphatic rings. The summed E-state index contributed by atoms with van der Waals surface area (Å²) < 4.78 is 11.2. The van der Waals surface area contributed by atoms with Gasteiger partial charge >= 0.3 is 0 Å². The summed E-state index contributed by atoms with van der Waals surface area (Å²) in [4.78, 5) is 0. The first kappa shape index (κ1) is 11.3. The zero-order chi connectivity index (χ0) is 12.4. The number of fused-ring (bicyclic) bond motifs is 1. The fourth-order valence-corrected chi connectivity index (χ4v) is 2.40. The van der Waals surface area contributed by atoms with Crippen LogP contribution in [0.3, 0.4) is 0 Å². The highest BCUT2D eigenvalue weighted by atomic mass is 16.5. The molecule has 1 atom stereocenters. The van der Waals surface area contributed by atoms with Gasteiger partial charge < -0.3 is 9.47 Å². The lowest BCUT2D eigenvalue weighted by Crippen LogP contribution is -2.15. The van der Waals surface area contributed by atoms with E-state index >= 15 is 0 Å². The highest BCUT2D eigenvalue weighted by Crippen LogP contribution is 2.31. The van der Waals surface area contributed by atoms with Gasteiger partial charge in [-0.15, -0.1) is 0 Å². The minimum Gasteiger partial charge on any atom is -0.497 e. The van der Waals surface area contributed by atoms with Crippen LogP contribution in [0.5, 0.6) is 5.75 Å². The van der Waals surface area contributed by atoms with Gasteiger partial charge in [0.05, 0.1) is 19.8 Å². The Morgan fingerprint density at radius 3 is 2.72 bits per heavy atom. The van der Waals surface area contributed by atoms with Gasteiger partial charge in [0.15, 0.2) is 0 Å². The SMILES string of the molecule is COc1cccc(C2Cc3ccccc3CO2)c1. The molecule has 0 N–H and O–H groups in total. The van der Waals surface area contributed by atoms with Crippen molar-refractivity contribution in [2.24, 2.45) is 0 Å². The van der Waals surface area contributed by atoms with Gasteiger partial charge in [0.25, 0.3) is 0 Å². The van der Waals surface area contributed by atoms with E-state index in [2.05, 4.69) is 36.4 Å². The maximum Gasteiger partial charge on any atom is 0.119 e. The van der Waals surface area contributed by atoms with Gasteiger partial charge in [0.1, 0.15) is 5.75 Å². The topological polar surface area (TPSA) is 18.5 Å². The van der Waals surface area contributed by atoms with E-state index < -0.39 is 0 Å². The summed E-state index contributed by atoms with van der Waals surface area (Å²) in [6.07, 6.45) is 1.07. The van der Waals surface area contributed by atoms with Gasteiger partial charge in [-0.05, 0) is 28.8 Å². The van der Waals surface area contributed by atoms with Gasteiger partial charge in [0, 0.05) is 6.42 Å². The maximum absolute atomic E-state index is 5.93. The minimum atomic E-state index is 0.134. The number of hydrogen-bond acceptors (Lipinski definition) is 2. The Morgan fingerprint density at radius 2 is 1.89 bits per heavy atom.